The Hall–Kier alpha value is -1.20. The molecule has 2 aliphatic rings. The third-order valence-corrected chi connectivity index (χ3v) is 4.52. The summed E-state index contributed by atoms with van der Waals surface area (Å²) in [5.41, 5.74) is 1.48. The Balaban J connectivity index is 1.76. The fourth-order valence-corrected chi connectivity index (χ4v) is 3.39. The summed E-state index contributed by atoms with van der Waals surface area (Å²) in [5, 5.41) is 4.28. The second-order valence-corrected chi connectivity index (χ2v) is 5.99. The average Bonchev–Trinajstić information content (AvgIpc) is 2.78. The summed E-state index contributed by atoms with van der Waals surface area (Å²) in [4.78, 5) is 12.7. The molecule has 0 amide bonds. The van der Waals surface area contributed by atoms with Crippen LogP contribution in [0, 0.1) is 12.8 Å². The molecule has 0 aromatic carbocycles. The van der Waals surface area contributed by atoms with E-state index in [4.69, 9.17) is 9.47 Å². The van der Waals surface area contributed by atoms with Crippen molar-refractivity contribution in [2.75, 3.05) is 19.8 Å². The van der Waals surface area contributed by atoms with Gasteiger partial charge in [0, 0.05) is 32.8 Å². The van der Waals surface area contributed by atoms with Gasteiger partial charge in [-0.15, -0.1) is 0 Å². The molecule has 0 N–H and O–H groups in total. The largest absolute Gasteiger partial charge is 0.381 e. The number of aromatic nitrogens is 2. The summed E-state index contributed by atoms with van der Waals surface area (Å²) in [5.74, 6) is 0.263. The summed E-state index contributed by atoms with van der Waals surface area (Å²) in [7, 11) is 1.84. The number of Topliss-reactive ketones (excluding diaryl/α,β-unsaturated/α-hetero) is 1. The Kier molecular flexibility index (Phi) is 3.65. The maximum absolute atomic E-state index is 12.7. The first-order valence-electron chi connectivity index (χ1n) is 7.36. The second kappa shape index (κ2) is 5.30. The topological polar surface area (TPSA) is 53.4 Å². The van der Waals surface area contributed by atoms with Crippen molar-refractivity contribution in [3.8, 4) is 0 Å². The van der Waals surface area contributed by atoms with Gasteiger partial charge in [-0.3, -0.25) is 9.48 Å². The predicted molar refractivity (Wildman–Crippen MR) is 73.7 cm³/mol. The third-order valence-electron chi connectivity index (χ3n) is 4.52. The number of carbonyl (C=O) groups excluding carboxylic acids is 1. The number of ketones is 1. The summed E-state index contributed by atoms with van der Waals surface area (Å²) in [6.45, 7) is 4.07. The van der Waals surface area contributed by atoms with Crippen molar-refractivity contribution in [3.63, 3.8) is 0 Å². The normalized spacial score (nSPS) is 25.8. The number of carbonyl (C=O) groups is 1. The smallest absolute Gasteiger partial charge is 0.184 e. The summed E-state index contributed by atoms with van der Waals surface area (Å²) >= 11 is 0. The standard InChI is InChI=1S/C15H22N2O3/c1-11-9-13(17(2)16-11)14(18)12-3-6-20-15(10-12)4-7-19-8-5-15/h9,12H,3-8,10H2,1-2H3. The lowest BCUT2D eigenvalue weighted by Crippen LogP contribution is -2.46. The fraction of sp³-hybridized carbons (Fsp3) is 0.733. The van der Waals surface area contributed by atoms with Gasteiger partial charge in [-0.1, -0.05) is 0 Å². The van der Waals surface area contributed by atoms with Crippen molar-refractivity contribution >= 4 is 5.78 Å². The van der Waals surface area contributed by atoms with Crippen molar-refractivity contribution in [2.24, 2.45) is 13.0 Å². The zero-order valence-electron chi connectivity index (χ0n) is 12.2. The second-order valence-electron chi connectivity index (χ2n) is 5.99. The predicted octanol–water partition coefficient (Wildman–Crippen LogP) is 1.89. The Bertz CT molecular complexity index is 498. The van der Waals surface area contributed by atoms with Crippen molar-refractivity contribution in [2.45, 2.75) is 38.2 Å². The highest BCUT2D eigenvalue weighted by Crippen LogP contribution is 2.38. The van der Waals surface area contributed by atoms with E-state index in [1.165, 1.54) is 0 Å². The van der Waals surface area contributed by atoms with Crippen LogP contribution in [0.25, 0.3) is 0 Å². The minimum Gasteiger partial charge on any atom is -0.381 e. The van der Waals surface area contributed by atoms with Gasteiger partial charge in [0.05, 0.1) is 11.3 Å². The molecule has 3 heterocycles. The van der Waals surface area contributed by atoms with Gasteiger partial charge in [-0.2, -0.15) is 5.10 Å². The zero-order valence-corrected chi connectivity index (χ0v) is 12.2. The zero-order chi connectivity index (χ0) is 14.2. The van der Waals surface area contributed by atoms with Gasteiger partial charge >= 0.3 is 0 Å². The molecule has 0 saturated carbocycles. The highest BCUT2D eigenvalue weighted by Gasteiger charge is 2.41. The van der Waals surface area contributed by atoms with Crippen LogP contribution in [0.3, 0.4) is 0 Å². The van der Waals surface area contributed by atoms with Crippen LogP contribution >= 0.6 is 0 Å². The van der Waals surface area contributed by atoms with Crippen molar-refractivity contribution in [1.82, 2.24) is 9.78 Å². The molecule has 1 atom stereocenters. The average molecular weight is 278 g/mol. The maximum Gasteiger partial charge on any atom is 0.184 e. The molecular weight excluding hydrogens is 256 g/mol. The van der Waals surface area contributed by atoms with Crippen LogP contribution in [-0.2, 0) is 16.5 Å². The van der Waals surface area contributed by atoms with Gasteiger partial charge in [0.15, 0.2) is 5.78 Å². The van der Waals surface area contributed by atoms with Gasteiger partial charge in [0.25, 0.3) is 0 Å². The van der Waals surface area contributed by atoms with E-state index in [-0.39, 0.29) is 17.3 Å². The molecule has 5 nitrogen and oxygen atoms in total. The van der Waals surface area contributed by atoms with E-state index in [1.807, 2.05) is 20.0 Å². The van der Waals surface area contributed by atoms with Crippen LogP contribution in [0.5, 0.6) is 0 Å². The maximum atomic E-state index is 12.7. The van der Waals surface area contributed by atoms with E-state index in [0.29, 0.717) is 6.61 Å². The first-order chi connectivity index (χ1) is 9.60. The van der Waals surface area contributed by atoms with Gasteiger partial charge in [0.1, 0.15) is 5.69 Å². The number of rotatable bonds is 2. The quantitative estimate of drug-likeness (QED) is 0.775. The van der Waals surface area contributed by atoms with Crippen molar-refractivity contribution in [3.05, 3.63) is 17.5 Å². The number of ether oxygens (including phenoxy) is 2. The Morgan fingerprint density at radius 2 is 2.15 bits per heavy atom. The first-order valence-corrected chi connectivity index (χ1v) is 7.36. The number of aryl methyl sites for hydroxylation is 2. The SMILES string of the molecule is Cc1cc(C(=O)C2CCOC3(CCOCC3)C2)n(C)n1. The van der Waals surface area contributed by atoms with Gasteiger partial charge in [-0.05, 0) is 38.7 Å². The number of hydrogen-bond acceptors (Lipinski definition) is 4. The molecule has 2 fully saturated rings. The molecule has 1 spiro atoms. The summed E-state index contributed by atoms with van der Waals surface area (Å²) < 4.78 is 13.1. The first kappa shape index (κ1) is 13.8. The molecule has 20 heavy (non-hydrogen) atoms. The fourth-order valence-electron chi connectivity index (χ4n) is 3.39. The molecule has 110 valence electrons. The Labute approximate surface area is 119 Å². The van der Waals surface area contributed by atoms with E-state index in [9.17, 15) is 4.79 Å². The highest BCUT2D eigenvalue weighted by molar-refractivity contribution is 5.96. The van der Waals surface area contributed by atoms with E-state index < -0.39 is 0 Å². The summed E-state index contributed by atoms with van der Waals surface area (Å²) in [6.07, 6.45) is 3.44. The number of hydrogen-bond donors (Lipinski definition) is 0. The van der Waals surface area contributed by atoms with Crippen LogP contribution in [0.4, 0.5) is 0 Å². The van der Waals surface area contributed by atoms with Gasteiger partial charge in [-0.25, -0.2) is 0 Å². The Morgan fingerprint density at radius 1 is 1.40 bits per heavy atom. The monoisotopic (exact) mass is 278 g/mol. The lowest BCUT2D eigenvalue weighted by molar-refractivity contribution is -0.142. The van der Waals surface area contributed by atoms with Crippen molar-refractivity contribution < 1.29 is 14.3 Å². The molecule has 0 bridgehead atoms. The minimum atomic E-state index is -0.134. The van der Waals surface area contributed by atoms with E-state index in [1.54, 1.807) is 4.68 Å². The van der Waals surface area contributed by atoms with Crippen molar-refractivity contribution in [1.29, 1.82) is 0 Å². The highest BCUT2D eigenvalue weighted by atomic mass is 16.5. The molecule has 5 heteroatoms. The molecule has 0 aliphatic carbocycles. The lowest BCUT2D eigenvalue weighted by Gasteiger charge is -2.42. The van der Waals surface area contributed by atoms with Crippen LogP contribution in [0.2, 0.25) is 0 Å². The Morgan fingerprint density at radius 3 is 2.80 bits per heavy atom. The lowest BCUT2D eigenvalue weighted by atomic mass is 9.78. The molecule has 0 radical (unpaired) electrons. The van der Waals surface area contributed by atoms with Crippen LogP contribution in [-0.4, -0.2) is 41.0 Å². The van der Waals surface area contributed by atoms with Crippen LogP contribution in [0.1, 0.15) is 41.9 Å². The van der Waals surface area contributed by atoms with Gasteiger partial charge < -0.3 is 9.47 Å². The number of nitrogens with zero attached hydrogens (tertiary/aromatic N) is 2. The molecule has 1 unspecified atom stereocenters. The van der Waals surface area contributed by atoms with Gasteiger partial charge in [0.2, 0.25) is 0 Å². The minimum absolute atomic E-state index is 0.0525. The van der Waals surface area contributed by atoms with E-state index >= 15 is 0 Å². The molecule has 3 rings (SSSR count). The van der Waals surface area contributed by atoms with Crippen LogP contribution in [0.15, 0.2) is 6.07 Å². The van der Waals surface area contributed by atoms with E-state index in [0.717, 1.165) is 50.3 Å². The van der Waals surface area contributed by atoms with Crippen LogP contribution < -0.4 is 0 Å². The molecule has 1 aromatic heterocycles. The molecule has 1 aromatic rings. The van der Waals surface area contributed by atoms with E-state index in [2.05, 4.69) is 5.10 Å². The molecular formula is C15H22N2O3. The molecule has 2 aliphatic heterocycles. The third kappa shape index (κ3) is 2.52. The summed E-state index contributed by atoms with van der Waals surface area (Å²) in [6, 6.07) is 1.88. The molecule has 2 saturated heterocycles.